The van der Waals surface area contributed by atoms with Crippen molar-refractivity contribution >= 4 is 28.5 Å². The van der Waals surface area contributed by atoms with E-state index in [9.17, 15) is 9.59 Å². The Bertz CT molecular complexity index is 1100. The van der Waals surface area contributed by atoms with Crippen LogP contribution in [0.25, 0.3) is 10.9 Å². The Morgan fingerprint density at radius 3 is 2.61 bits per heavy atom. The predicted octanol–water partition coefficient (Wildman–Crippen LogP) is 5.07. The number of esters is 1. The van der Waals surface area contributed by atoms with E-state index < -0.39 is 5.97 Å². The molecule has 6 heteroatoms. The number of rotatable bonds is 7. The van der Waals surface area contributed by atoms with Crippen LogP contribution < -0.4 is 10.1 Å². The number of hydrogen-bond acceptors (Lipinski definition) is 4. The van der Waals surface area contributed by atoms with E-state index in [1.165, 1.54) is 20.0 Å². The van der Waals surface area contributed by atoms with Crippen LogP contribution in [-0.2, 0) is 16.0 Å². The van der Waals surface area contributed by atoms with Gasteiger partial charge in [0.25, 0.3) is 0 Å². The second kappa shape index (κ2) is 9.25. The third-order valence-electron chi connectivity index (χ3n) is 6.09. The second-order valence-corrected chi connectivity index (χ2v) is 8.17. The van der Waals surface area contributed by atoms with Crippen LogP contribution in [0, 0.1) is 5.92 Å². The van der Waals surface area contributed by atoms with Crippen molar-refractivity contribution < 1.29 is 19.1 Å². The SMILES string of the molecule is COC(=O)c1ccc(Cc2c[nH]c3ccc(NC(=O)CC4CCCC4)cc23)c(OC)c1. The molecule has 1 heterocycles. The molecule has 2 N–H and O–H groups in total. The number of H-pyrrole nitrogens is 1. The number of carbonyl (C=O) groups excluding carboxylic acids is 2. The van der Waals surface area contributed by atoms with E-state index in [2.05, 4.69) is 10.3 Å². The quantitative estimate of drug-likeness (QED) is 0.523. The van der Waals surface area contributed by atoms with Crippen molar-refractivity contribution in [2.75, 3.05) is 19.5 Å². The molecule has 6 nitrogen and oxygen atoms in total. The summed E-state index contributed by atoms with van der Waals surface area (Å²) in [6.07, 6.45) is 7.99. The summed E-state index contributed by atoms with van der Waals surface area (Å²) in [4.78, 5) is 27.5. The van der Waals surface area contributed by atoms with E-state index in [4.69, 9.17) is 9.47 Å². The number of amides is 1. The van der Waals surface area contributed by atoms with E-state index in [0.29, 0.717) is 30.1 Å². The summed E-state index contributed by atoms with van der Waals surface area (Å²) in [5, 5.41) is 4.12. The van der Waals surface area contributed by atoms with E-state index in [1.807, 2.05) is 30.5 Å². The maximum Gasteiger partial charge on any atom is 0.337 e. The fourth-order valence-corrected chi connectivity index (χ4v) is 4.43. The van der Waals surface area contributed by atoms with Gasteiger partial charge < -0.3 is 19.8 Å². The zero-order valence-corrected chi connectivity index (χ0v) is 18.0. The smallest absolute Gasteiger partial charge is 0.337 e. The number of aromatic amines is 1. The lowest BCUT2D eigenvalue weighted by Gasteiger charge is -2.11. The van der Waals surface area contributed by atoms with Crippen LogP contribution in [0.1, 0.15) is 53.6 Å². The van der Waals surface area contributed by atoms with Crippen molar-refractivity contribution in [3.05, 3.63) is 59.3 Å². The largest absolute Gasteiger partial charge is 0.496 e. The Balaban J connectivity index is 1.54. The highest BCUT2D eigenvalue weighted by Crippen LogP contribution is 2.30. The molecular formula is C25H28N2O4. The predicted molar refractivity (Wildman–Crippen MR) is 121 cm³/mol. The van der Waals surface area contributed by atoms with Gasteiger partial charge in [-0.2, -0.15) is 0 Å². The van der Waals surface area contributed by atoms with Gasteiger partial charge in [0.2, 0.25) is 5.91 Å². The van der Waals surface area contributed by atoms with Gasteiger partial charge >= 0.3 is 5.97 Å². The molecule has 0 radical (unpaired) electrons. The molecule has 1 amide bonds. The average molecular weight is 421 g/mol. The van der Waals surface area contributed by atoms with E-state index in [0.717, 1.165) is 40.6 Å². The number of aromatic nitrogens is 1. The lowest BCUT2D eigenvalue weighted by atomic mass is 10.0. The number of nitrogens with one attached hydrogen (secondary N) is 2. The molecule has 1 aliphatic rings. The maximum absolute atomic E-state index is 12.4. The summed E-state index contributed by atoms with van der Waals surface area (Å²) in [5.74, 6) is 0.851. The molecular weight excluding hydrogens is 392 g/mol. The summed E-state index contributed by atoms with van der Waals surface area (Å²) >= 11 is 0. The third kappa shape index (κ3) is 4.74. The zero-order chi connectivity index (χ0) is 21.8. The van der Waals surface area contributed by atoms with Crippen molar-refractivity contribution in [2.24, 2.45) is 5.92 Å². The molecule has 0 bridgehead atoms. The molecule has 162 valence electrons. The summed E-state index contributed by atoms with van der Waals surface area (Å²) in [7, 11) is 2.95. The molecule has 0 spiro atoms. The van der Waals surface area contributed by atoms with Gasteiger partial charge in [-0.3, -0.25) is 4.79 Å². The van der Waals surface area contributed by atoms with Crippen molar-refractivity contribution in [1.82, 2.24) is 4.98 Å². The monoisotopic (exact) mass is 420 g/mol. The number of fused-ring (bicyclic) bond motifs is 1. The Hall–Kier alpha value is -3.28. The maximum atomic E-state index is 12.4. The van der Waals surface area contributed by atoms with E-state index in [1.54, 1.807) is 19.2 Å². The standard InChI is InChI=1S/C25H28N2O4/c1-30-23-13-18(25(29)31-2)8-7-17(23)12-19-15-26-22-10-9-20(14-21(19)22)27-24(28)11-16-5-3-4-6-16/h7-10,13-16,26H,3-6,11-12H2,1-2H3,(H,27,28). The molecule has 0 unspecified atom stereocenters. The van der Waals surface area contributed by atoms with Crippen LogP contribution in [0.3, 0.4) is 0 Å². The van der Waals surface area contributed by atoms with Crippen molar-refractivity contribution in [3.8, 4) is 5.75 Å². The van der Waals surface area contributed by atoms with Gasteiger partial charge in [0.05, 0.1) is 19.8 Å². The summed E-state index contributed by atoms with van der Waals surface area (Å²) in [6.45, 7) is 0. The molecule has 31 heavy (non-hydrogen) atoms. The molecule has 4 rings (SSSR count). The minimum atomic E-state index is -0.394. The van der Waals surface area contributed by atoms with Crippen LogP contribution in [0.4, 0.5) is 5.69 Å². The minimum Gasteiger partial charge on any atom is -0.496 e. The lowest BCUT2D eigenvalue weighted by molar-refractivity contribution is -0.117. The molecule has 1 aliphatic carbocycles. The fourth-order valence-electron chi connectivity index (χ4n) is 4.43. The van der Waals surface area contributed by atoms with Crippen molar-refractivity contribution in [2.45, 2.75) is 38.5 Å². The van der Waals surface area contributed by atoms with Crippen LogP contribution in [0.2, 0.25) is 0 Å². The number of benzene rings is 2. The molecule has 1 aromatic heterocycles. The van der Waals surface area contributed by atoms with Crippen molar-refractivity contribution in [3.63, 3.8) is 0 Å². The average Bonchev–Trinajstić information content (AvgIpc) is 3.43. The third-order valence-corrected chi connectivity index (χ3v) is 6.09. The normalized spacial score (nSPS) is 14.0. The van der Waals surface area contributed by atoms with Crippen LogP contribution >= 0.6 is 0 Å². The number of hydrogen-bond donors (Lipinski definition) is 2. The highest BCUT2D eigenvalue weighted by molar-refractivity contribution is 5.95. The molecule has 0 saturated heterocycles. The molecule has 0 atom stereocenters. The Morgan fingerprint density at radius 1 is 1.06 bits per heavy atom. The van der Waals surface area contributed by atoms with Crippen LogP contribution in [0.15, 0.2) is 42.6 Å². The van der Waals surface area contributed by atoms with Gasteiger partial charge in [0.15, 0.2) is 0 Å². The van der Waals surface area contributed by atoms with Gasteiger partial charge in [-0.1, -0.05) is 18.9 Å². The minimum absolute atomic E-state index is 0.0865. The summed E-state index contributed by atoms with van der Waals surface area (Å²) < 4.78 is 10.3. The number of ether oxygens (including phenoxy) is 2. The van der Waals surface area contributed by atoms with Gasteiger partial charge in [-0.25, -0.2) is 4.79 Å². The van der Waals surface area contributed by atoms with Crippen LogP contribution in [-0.4, -0.2) is 31.1 Å². The van der Waals surface area contributed by atoms with Crippen LogP contribution in [0.5, 0.6) is 5.75 Å². The molecule has 1 fully saturated rings. The molecule has 0 aliphatic heterocycles. The zero-order valence-electron chi connectivity index (χ0n) is 18.0. The topological polar surface area (TPSA) is 80.4 Å². The second-order valence-electron chi connectivity index (χ2n) is 8.17. The number of carbonyl (C=O) groups is 2. The lowest BCUT2D eigenvalue weighted by Crippen LogP contribution is -2.15. The van der Waals surface area contributed by atoms with E-state index in [-0.39, 0.29) is 5.91 Å². The first-order chi connectivity index (χ1) is 15.1. The summed E-state index contributed by atoms with van der Waals surface area (Å²) in [5.41, 5.74) is 4.32. The first-order valence-electron chi connectivity index (χ1n) is 10.7. The van der Waals surface area contributed by atoms with Gasteiger partial charge in [0.1, 0.15) is 5.75 Å². The summed E-state index contributed by atoms with van der Waals surface area (Å²) in [6, 6.07) is 11.3. The first-order valence-corrected chi connectivity index (χ1v) is 10.7. The highest BCUT2D eigenvalue weighted by Gasteiger charge is 2.19. The Kier molecular flexibility index (Phi) is 6.26. The number of methoxy groups -OCH3 is 2. The Morgan fingerprint density at radius 2 is 1.87 bits per heavy atom. The molecule has 1 saturated carbocycles. The van der Waals surface area contributed by atoms with E-state index >= 15 is 0 Å². The first kappa shape index (κ1) is 21.0. The van der Waals surface area contributed by atoms with Gasteiger partial charge in [0, 0.05) is 35.6 Å². The Labute approximate surface area is 181 Å². The van der Waals surface area contributed by atoms with Crippen molar-refractivity contribution in [1.29, 1.82) is 0 Å². The fraction of sp³-hybridized carbons (Fsp3) is 0.360. The molecule has 2 aromatic carbocycles. The number of anilines is 1. The highest BCUT2D eigenvalue weighted by atomic mass is 16.5. The molecule has 3 aromatic rings. The van der Waals surface area contributed by atoms with Gasteiger partial charge in [-0.05, 0) is 60.2 Å². The van der Waals surface area contributed by atoms with Gasteiger partial charge in [-0.15, -0.1) is 0 Å².